The molecule has 7 heteroatoms. The number of benzene rings is 2. The van der Waals surface area contributed by atoms with Crippen LogP contribution in [0, 0.1) is 11.8 Å². The highest BCUT2D eigenvalue weighted by Gasteiger charge is 2.52. The van der Waals surface area contributed by atoms with Gasteiger partial charge in [0.25, 0.3) is 0 Å². The Bertz CT molecular complexity index is 1060. The van der Waals surface area contributed by atoms with E-state index in [4.69, 9.17) is 23.2 Å². The van der Waals surface area contributed by atoms with E-state index < -0.39 is 6.10 Å². The molecule has 3 fully saturated rings. The second-order valence-corrected chi connectivity index (χ2v) is 11.3. The van der Waals surface area contributed by atoms with Crippen LogP contribution in [-0.2, 0) is 16.6 Å². The van der Waals surface area contributed by atoms with Crippen LogP contribution in [0.1, 0.15) is 43.2 Å². The molecule has 1 heterocycles. The minimum atomic E-state index is -0.520. The molecule has 2 aromatic rings. The molecule has 4 atom stereocenters. The molecule has 0 bridgehead atoms. The standard InChI is InChI=1S/C27H32Cl2N2O3/c28-23-7-6-18(10-24(23)29)11-26(34)30-20-13-25(33)22-16-31(15-17-4-5-17)9-8-27(22,14-20)19-2-1-3-21(32)12-19/h1-3,6-7,10,12,17,20,22,25,32-33H,4-5,8-9,11,13-16H2,(H,30,34)/t20-,22+,25?,27+/m1/s1. The highest BCUT2D eigenvalue weighted by atomic mass is 35.5. The maximum Gasteiger partial charge on any atom is 0.224 e. The van der Waals surface area contributed by atoms with Crippen molar-refractivity contribution < 1.29 is 15.0 Å². The molecule has 1 amide bonds. The third kappa shape index (κ3) is 5.08. The number of halogens is 2. The van der Waals surface area contributed by atoms with Crippen LogP contribution < -0.4 is 5.32 Å². The molecule has 0 spiro atoms. The van der Waals surface area contributed by atoms with Gasteiger partial charge in [-0.3, -0.25) is 4.79 Å². The number of phenols is 1. The lowest BCUT2D eigenvalue weighted by molar-refractivity contribution is -0.122. The van der Waals surface area contributed by atoms with Crippen LogP contribution in [0.25, 0.3) is 0 Å². The molecular formula is C27H32Cl2N2O3. The molecule has 2 aliphatic carbocycles. The Morgan fingerprint density at radius 1 is 1.15 bits per heavy atom. The number of hydrogen-bond acceptors (Lipinski definition) is 4. The predicted molar refractivity (Wildman–Crippen MR) is 134 cm³/mol. The molecular weight excluding hydrogens is 471 g/mol. The Hall–Kier alpha value is -1.79. The van der Waals surface area contributed by atoms with Crippen molar-refractivity contribution in [1.29, 1.82) is 0 Å². The molecule has 2 saturated carbocycles. The summed E-state index contributed by atoms with van der Waals surface area (Å²) in [7, 11) is 0. The highest BCUT2D eigenvalue weighted by molar-refractivity contribution is 6.42. The minimum absolute atomic E-state index is 0.0741. The summed E-state index contributed by atoms with van der Waals surface area (Å²) in [6.07, 6.45) is 4.51. The van der Waals surface area contributed by atoms with Crippen LogP contribution >= 0.6 is 23.2 Å². The van der Waals surface area contributed by atoms with Crippen molar-refractivity contribution >= 4 is 29.1 Å². The molecule has 3 aliphatic rings. The summed E-state index contributed by atoms with van der Waals surface area (Å²) in [5, 5.41) is 25.6. The lowest BCUT2D eigenvalue weighted by atomic mass is 9.57. The first-order valence-electron chi connectivity index (χ1n) is 12.3. The van der Waals surface area contributed by atoms with Crippen molar-refractivity contribution in [2.24, 2.45) is 11.8 Å². The first-order valence-corrected chi connectivity index (χ1v) is 13.0. The summed E-state index contributed by atoms with van der Waals surface area (Å²) in [6.45, 7) is 2.94. The predicted octanol–water partition coefficient (Wildman–Crippen LogP) is 4.55. The summed E-state index contributed by atoms with van der Waals surface area (Å²) < 4.78 is 0. The van der Waals surface area contributed by atoms with Gasteiger partial charge in [-0.25, -0.2) is 0 Å². The van der Waals surface area contributed by atoms with E-state index in [1.807, 2.05) is 18.2 Å². The Morgan fingerprint density at radius 2 is 1.97 bits per heavy atom. The smallest absolute Gasteiger partial charge is 0.224 e. The second kappa shape index (κ2) is 9.69. The second-order valence-electron chi connectivity index (χ2n) is 10.5. The number of nitrogens with one attached hydrogen (secondary N) is 1. The number of aliphatic hydroxyl groups excluding tert-OH is 1. The van der Waals surface area contributed by atoms with Gasteiger partial charge in [0, 0.05) is 30.5 Å². The normalized spacial score (nSPS) is 29.4. The number of piperidine rings is 1. The van der Waals surface area contributed by atoms with Crippen molar-refractivity contribution in [3.63, 3.8) is 0 Å². The number of likely N-dealkylation sites (tertiary alicyclic amines) is 1. The van der Waals surface area contributed by atoms with Crippen molar-refractivity contribution in [1.82, 2.24) is 10.2 Å². The quantitative estimate of drug-likeness (QED) is 0.541. The number of carbonyl (C=O) groups excluding carboxylic acids is 1. The van der Waals surface area contributed by atoms with E-state index >= 15 is 0 Å². The van der Waals surface area contributed by atoms with Gasteiger partial charge in [-0.15, -0.1) is 0 Å². The van der Waals surface area contributed by atoms with Gasteiger partial charge in [0.1, 0.15) is 5.75 Å². The summed E-state index contributed by atoms with van der Waals surface area (Å²) in [5.74, 6) is 1.03. The first kappa shape index (κ1) is 23.9. The molecule has 1 saturated heterocycles. The van der Waals surface area contributed by atoms with Gasteiger partial charge in [-0.05, 0) is 80.0 Å². The van der Waals surface area contributed by atoms with Gasteiger partial charge in [-0.2, -0.15) is 0 Å². The minimum Gasteiger partial charge on any atom is -0.508 e. The van der Waals surface area contributed by atoms with Gasteiger partial charge in [0.15, 0.2) is 0 Å². The molecule has 2 aromatic carbocycles. The zero-order chi connectivity index (χ0) is 23.9. The third-order valence-electron chi connectivity index (χ3n) is 7.99. The number of phenolic OH excluding ortho intramolecular Hbond substituents is 1. The fourth-order valence-corrected chi connectivity index (χ4v) is 6.48. The summed E-state index contributed by atoms with van der Waals surface area (Å²) >= 11 is 12.1. The first-order chi connectivity index (χ1) is 16.3. The van der Waals surface area contributed by atoms with Crippen LogP contribution in [0.5, 0.6) is 5.75 Å². The number of nitrogens with zero attached hydrogens (tertiary/aromatic N) is 1. The highest BCUT2D eigenvalue weighted by Crippen LogP contribution is 2.50. The SMILES string of the molecule is O=C(Cc1ccc(Cl)c(Cl)c1)N[C@@H]1CC(O)[C@@H]2CN(CC3CC3)CC[C@@]2(c2cccc(O)c2)C1. The largest absolute Gasteiger partial charge is 0.508 e. The molecule has 182 valence electrons. The van der Waals surface area contributed by atoms with Crippen LogP contribution in [0.3, 0.4) is 0 Å². The van der Waals surface area contributed by atoms with Crippen molar-refractivity contribution in [2.45, 2.75) is 56.1 Å². The Kier molecular flexibility index (Phi) is 6.82. The fraction of sp³-hybridized carbons (Fsp3) is 0.519. The summed E-state index contributed by atoms with van der Waals surface area (Å²) in [5.41, 5.74) is 1.58. The van der Waals surface area contributed by atoms with E-state index in [1.165, 1.54) is 12.8 Å². The fourth-order valence-electron chi connectivity index (χ4n) is 6.16. The monoisotopic (exact) mass is 502 g/mol. The topological polar surface area (TPSA) is 72.8 Å². The van der Waals surface area contributed by atoms with Gasteiger partial charge in [-0.1, -0.05) is 41.4 Å². The average molecular weight is 503 g/mol. The van der Waals surface area contributed by atoms with Crippen LogP contribution in [0.2, 0.25) is 10.0 Å². The van der Waals surface area contributed by atoms with Crippen LogP contribution in [-0.4, -0.2) is 52.8 Å². The molecule has 1 aliphatic heterocycles. The molecule has 5 rings (SSSR count). The molecule has 5 nitrogen and oxygen atoms in total. The molecule has 3 N–H and O–H groups in total. The van der Waals surface area contributed by atoms with Gasteiger partial charge in [0.05, 0.1) is 22.6 Å². The number of rotatable bonds is 6. The van der Waals surface area contributed by atoms with Crippen molar-refractivity contribution in [3.05, 3.63) is 63.6 Å². The third-order valence-corrected chi connectivity index (χ3v) is 8.73. The zero-order valence-electron chi connectivity index (χ0n) is 19.2. The number of hydrogen-bond donors (Lipinski definition) is 3. The molecule has 0 radical (unpaired) electrons. The molecule has 1 unspecified atom stereocenters. The number of fused-ring (bicyclic) bond motifs is 1. The van der Waals surface area contributed by atoms with E-state index in [1.54, 1.807) is 18.2 Å². The average Bonchev–Trinajstić information content (AvgIpc) is 3.61. The zero-order valence-corrected chi connectivity index (χ0v) is 20.7. The van der Waals surface area contributed by atoms with E-state index in [0.717, 1.165) is 49.5 Å². The van der Waals surface area contributed by atoms with Crippen molar-refractivity contribution in [2.75, 3.05) is 19.6 Å². The van der Waals surface area contributed by atoms with E-state index in [-0.39, 0.29) is 35.5 Å². The van der Waals surface area contributed by atoms with E-state index in [0.29, 0.717) is 16.5 Å². The summed E-state index contributed by atoms with van der Waals surface area (Å²) in [6, 6.07) is 12.6. The Labute approximate surface area is 211 Å². The van der Waals surface area contributed by atoms with Gasteiger partial charge < -0.3 is 20.4 Å². The molecule has 34 heavy (non-hydrogen) atoms. The maximum absolute atomic E-state index is 12.9. The number of amides is 1. The van der Waals surface area contributed by atoms with Gasteiger partial charge >= 0.3 is 0 Å². The Morgan fingerprint density at radius 3 is 2.71 bits per heavy atom. The maximum atomic E-state index is 12.9. The molecule has 0 aromatic heterocycles. The van der Waals surface area contributed by atoms with Crippen LogP contribution in [0.15, 0.2) is 42.5 Å². The number of aliphatic hydroxyl groups is 1. The van der Waals surface area contributed by atoms with E-state index in [9.17, 15) is 15.0 Å². The number of carbonyl (C=O) groups is 1. The van der Waals surface area contributed by atoms with Gasteiger partial charge in [0.2, 0.25) is 5.91 Å². The summed E-state index contributed by atoms with van der Waals surface area (Å²) in [4.78, 5) is 15.4. The van der Waals surface area contributed by atoms with Crippen LogP contribution in [0.4, 0.5) is 0 Å². The Balaban J connectivity index is 1.35. The van der Waals surface area contributed by atoms with Crippen molar-refractivity contribution in [3.8, 4) is 5.75 Å². The lowest BCUT2D eigenvalue weighted by Crippen LogP contribution is -2.61. The van der Waals surface area contributed by atoms with E-state index in [2.05, 4.69) is 16.3 Å². The lowest BCUT2D eigenvalue weighted by Gasteiger charge is -2.55. The number of aromatic hydroxyl groups is 1.